The third kappa shape index (κ3) is 6.49. The molecule has 0 spiro atoms. The standard InChI is InChI=1S/C23H22N4O3/c1-17-7-5-6-10-21(17)26-23(29)27-24-15-18-11-13-20(14-12-18)30-16-22(28)25-19-8-3-2-4-9-19/h2-15H,16H2,1H3,(H,25,28)(H2,26,27,29). The molecule has 0 aliphatic carbocycles. The van der Waals surface area contributed by atoms with E-state index in [1.807, 2.05) is 49.4 Å². The Hall–Kier alpha value is -4.13. The highest BCUT2D eigenvalue weighted by Crippen LogP contribution is 2.13. The average Bonchev–Trinajstić information content (AvgIpc) is 2.75. The molecule has 3 N–H and O–H groups in total. The summed E-state index contributed by atoms with van der Waals surface area (Å²) in [7, 11) is 0. The number of carbonyl (C=O) groups is 2. The van der Waals surface area contributed by atoms with Crippen molar-refractivity contribution in [3.8, 4) is 5.75 Å². The Morgan fingerprint density at radius 2 is 1.60 bits per heavy atom. The van der Waals surface area contributed by atoms with Gasteiger partial charge in [0.15, 0.2) is 6.61 Å². The van der Waals surface area contributed by atoms with Gasteiger partial charge in [0, 0.05) is 11.4 Å². The summed E-state index contributed by atoms with van der Waals surface area (Å²) in [5.41, 5.74) is 5.60. The van der Waals surface area contributed by atoms with Crippen LogP contribution in [0.1, 0.15) is 11.1 Å². The van der Waals surface area contributed by atoms with E-state index in [4.69, 9.17) is 4.74 Å². The van der Waals surface area contributed by atoms with Gasteiger partial charge in [0.05, 0.1) is 6.21 Å². The molecule has 3 aromatic carbocycles. The summed E-state index contributed by atoms with van der Waals surface area (Å²) in [6, 6.07) is 23.2. The van der Waals surface area contributed by atoms with E-state index in [1.165, 1.54) is 6.21 Å². The Morgan fingerprint density at radius 1 is 0.900 bits per heavy atom. The van der Waals surface area contributed by atoms with Gasteiger partial charge >= 0.3 is 6.03 Å². The van der Waals surface area contributed by atoms with Gasteiger partial charge in [-0.05, 0) is 60.5 Å². The first kappa shape index (κ1) is 20.6. The topological polar surface area (TPSA) is 91.8 Å². The number of hydrogen-bond acceptors (Lipinski definition) is 4. The molecule has 7 nitrogen and oxygen atoms in total. The lowest BCUT2D eigenvalue weighted by molar-refractivity contribution is -0.118. The van der Waals surface area contributed by atoms with Crippen molar-refractivity contribution in [1.82, 2.24) is 5.43 Å². The fraction of sp³-hybridized carbons (Fsp3) is 0.0870. The number of hydrazone groups is 1. The smallest absolute Gasteiger partial charge is 0.339 e. The van der Waals surface area contributed by atoms with E-state index in [0.29, 0.717) is 5.75 Å². The number of amides is 3. The number of benzene rings is 3. The Morgan fingerprint density at radius 3 is 2.33 bits per heavy atom. The van der Waals surface area contributed by atoms with Crippen LogP contribution in [0.15, 0.2) is 84.0 Å². The van der Waals surface area contributed by atoms with Crippen molar-refractivity contribution in [1.29, 1.82) is 0 Å². The second kappa shape index (κ2) is 10.4. The van der Waals surface area contributed by atoms with Crippen molar-refractivity contribution < 1.29 is 14.3 Å². The van der Waals surface area contributed by atoms with E-state index in [2.05, 4.69) is 21.2 Å². The average molecular weight is 402 g/mol. The molecule has 3 rings (SSSR count). The molecule has 0 aromatic heterocycles. The zero-order valence-electron chi connectivity index (χ0n) is 16.5. The maximum Gasteiger partial charge on any atom is 0.339 e. The van der Waals surface area contributed by atoms with E-state index in [1.54, 1.807) is 36.4 Å². The Bertz CT molecular complexity index is 1020. The first-order valence-electron chi connectivity index (χ1n) is 9.33. The highest BCUT2D eigenvalue weighted by molar-refractivity contribution is 5.92. The summed E-state index contributed by atoms with van der Waals surface area (Å²) >= 11 is 0. The molecular formula is C23H22N4O3. The SMILES string of the molecule is Cc1ccccc1NC(=O)NN=Cc1ccc(OCC(=O)Nc2ccccc2)cc1. The van der Waals surface area contributed by atoms with Crippen LogP contribution in [0.2, 0.25) is 0 Å². The van der Waals surface area contributed by atoms with Crippen LogP contribution in [0.3, 0.4) is 0 Å². The summed E-state index contributed by atoms with van der Waals surface area (Å²) in [6.07, 6.45) is 1.52. The van der Waals surface area contributed by atoms with Crippen molar-refractivity contribution in [2.24, 2.45) is 5.10 Å². The molecule has 0 saturated heterocycles. The van der Waals surface area contributed by atoms with E-state index >= 15 is 0 Å². The molecule has 3 aromatic rings. The number of carbonyl (C=O) groups excluding carboxylic acids is 2. The van der Waals surface area contributed by atoms with Crippen LogP contribution < -0.4 is 20.8 Å². The van der Waals surface area contributed by atoms with Gasteiger partial charge in [-0.2, -0.15) is 5.10 Å². The molecular weight excluding hydrogens is 380 g/mol. The maximum atomic E-state index is 11.9. The van der Waals surface area contributed by atoms with Crippen molar-refractivity contribution in [3.63, 3.8) is 0 Å². The summed E-state index contributed by atoms with van der Waals surface area (Å²) in [6.45, 7) is 1.82. The Balaban J connectivity index is 1.43. The third-order valence-electron chi connectivity index (χ3n) is 4.08. The van der Waals surface area contributed by atoms with Gasteiger partial charge in [0.25, 0.3) is 5.91 Å². The highest BCUT2D eigenvalue weighted by Gasteiger charge is 2.04. The van der Waals surface area contributed by atoms with Gasteiger partial charge in [0.2, 0.25) is 0 Å². The molecule has 3 amide bonds. The zero-order valence-corrected chi connectivity index (χ0v) is 16.5. The van der Waals surface area contributed by atoms with Crippen LogP contribution in [-0.4, -0.2) is 24.8 Å². The minimum atomic E-state index is -0.426. The molecule has 0 fully saturated rings. The molecule has 0 unspecified atom stereocenters. The zero-order chi connectivity index (χ0) is 21.2. The summed E-state index contributed by atoms with van der Waals surface area (Å²) < 4.78 is 5.48. The first-order chi connectivity index (χ1) is 14.6. The fourth-order valence-corrected chi connectivity index (χ4v) is 2.55. The van der Waals surface area contributed by atoms with Crippen molar-refractivity contribution >= 4 is 29.5 Å². The van der Waals surface area contributed by atoms with E-state index in [9.17, 15) is 9.59 Å². The van der Waals surface area contributed by atoms with Crippen molar-refractivity contribution in [2.75, 3.05) is 17.2 Å². The van der Waals surface area contributed by atoms with Gasteiger partial charge in [-0.3, -0.25) is 4.79 Å². The van der Waals surface area contributed by atoms with Gasteiger partial charge < -0.3 is 15.4 Å². The highest BCUT2D eigenvalue weighted by atomic mass is 16.5. The number of ether oxygens (including phenoxy) is 1. The number of urea groups is 1. The minimum absolute atomic E-state index is 0.0943. The molecule has 30 heavy (non-hydrogen) atoms. The quantitative estimate of drug-likeness (QED) is 0.409. The summed E-state index contributed by atoms with van der Waals surface area (Å²) in [4.78, 5) is 23.8. The largest absolute Gasteiger partial charge is 0.484 e. The molecule has 0 aliphatic heterocycles. The van der Waals surface area contributed by atoms with Crippen molar-refractivity contribution in [2.45, 2.75) is 6.92 Å². The van der Waals surface area contributed by atoms with Crippen LogP contribution in [-0.2, 0) is 4.79 Å². The molecule has 0 heterocycles. The lowest BCUT2D eigenvalue weighted by atomic mass is 10.2. The minimum Gasteiger partial charge on any atom is -0.484 e. The van der Waals surface area contributed by atoms with Crippen LogP contribution in [0.4, 0.5) is 16.2 Å². The van der Waals surface area contributed by atoms with Gasteiger partial charge in [-0.15, -0.1) is 0 Å². The number of anilines is 2. The molecule has 7 heteroatoms. The molecule has 0 radical (unpaired) electrons. The normalized spacial score (nSPS) is 10.4. The molecule has 0 bridgehead atoms. The Kier molecular flexibility index (Phi) is 7.16. The summed E-state index contributed by atoms with van der Waals surface area (Å²) in [5.74, 6) is 0.316. The Labute approximate surface area is 174 Å². The van der Waals surface area contributed by atoms with Crippen LogP contribution in [0, 0.1) is 6.92 Å². The van der Waals surface area contributed by atoms with Crippen LogP contribution >= 0.6 is 0 Å². The number of hydrogen-bond donors (Lipinski definition) is 3. The lowest BCUT2D eigenvalue weighted by Gasteiger charge is -2.08. The molecule has 0 saturated carbocycles. The molecule has 0 atom stereocenters. The van der Waals surface area contributed by atoms with E-state index < -0.39 is 6.03 Å². The fourth-order valence-electron chi connectivity index (χ4n) is 2.55. The van der Waals surface area contributed by atoms with E-state index in [-0.39, 0.29) is 12.5 Å². The number of aryl methyl sites for hydroxylation is 1. The number of nitrogens with one attached hydrogen (secondary N) is 3. The lowest BCUT2D eigenvalue weighted by Crippen LogP contribution is -2.24. The third-order valence-corrected chi connectivity index (χ3v) is 4.08. The monoisotopic (exact) mass is 402 g/mol. The van der Waals surface area contributed by atoms with Crippen LogP contribution in [0.5, 0.6) is 5.75 Å². The predicted octanol–water partition coefficient (Wildman–Crippen LogP) is 4.17. The molecule has 152 valence electrons. The van der Waals surface area contributed by atoms with Crippen molar-refractivity contribution in [3.05, 3.63) is 90.0 Å². The molecule has 0 aliphatic rings. The van der Waals surface area contributed by atoms with Gasteiger partial charge in [-0.25, -0.2) is 10.2 Å². The predicted molar refractivity (Wildman–Crippen MR) is 118 cm³/mol. The number of rotatable bonds is 7. The second-order valence-corrected chi connectivity index (χ2v) is 6.41. The van der Waals surface area contributed by atoms with Gasteiger partial charge in [-0.1, -0.05) is 36.4 Å². The number of nitrogens with zero attached hydrogens (tertiary/aromatic N) is 1. The second-order valence-electron chi connectivity index (χ2n) is 6.41. The van der Waals surface area contributed by atoms with E-state index in [0.717, 1.165) is 22.5 Å². The maximum absolute atomic E-state index is 11.9. The van der Waals surface area contributed by atoms with Crippen LogP contribution in [0.25, 0.3) is 0 Å². The summed E-state index contributed by atoms with van der Waals surface area (Å²) in [5, 5.41) is 9.41. The number of para-hydroxylation sites is 2. The first-order valence-corrected chi connectivity index (χ1v) is 9.33. The van der Waals surface area contributed by atoms with Gasteiger partial charge in [0.1, 0.15) is 5.75 Å².